The van der Waals surface area contributed by atoms with Gasteiger partial charge in [-0.05, 0) is 12.8 Å². The largest absolute Gasteiger partial charge is 0.329 e. The molecule has 0 saturated carbocycles. The summed E-state index contributed by atoms with van der Waals surface area (Å²) in [5.41, 5.74) is 5.65. The second-order valence-electron chi connectivity index (χ2n) is 4.45. The Labute approximate surface area is 112 Å². The van der Waals surface area contributed by atoms with Crippen LogP contribution < -0.4 is 5.73 Å². The second-order valence-corrected chi connectivity index (χ2v) is 6.62. The Balaban J connectivity index is 2.38. The van der Waals surface area contributed by atoms with Crippen molar-refractivity contribution in [3.05, 3.63) is 11.5 Å². The molecule has 1 saturated heterocycles. The third-order valence-electron chi connectivity index (χ3n) is 3.23. The first-order valence-electron chi connectivity index (χ1n) is 5.87. The second kappa shape index (κ2) is 5.16. The first-order valence-corrected chi connectivity index (χ1v) is 7.69. The smallest absolute Gasteiger partial charge is 0.263 e. The number of halogens is 1. The molecule has 0 amide bonds. The quantitative estimate of drug-likeness (QED) is 0.883. The fourth-order valence-electron chi connectivity index (χ4n) is 2.20. The number of rotatable bonds is 3. The van der Waals surface area contributed by atoms with E-state index in [1.54, 1.807) is 7.05 Å². The fraction of sp³-hybridized carbons (Fsp3) is 0.700. The van der Waals surface area contributed by atoms with E-state index in [9.17, 15) is 8.42 Å². The molecule has 1 aromatic rings. The summed E-state index contributed by atoms with van der Waals surface area (Å²) in [6.07, 6.45) is 4.04. The molecule has 0 unspecified atom stereocenters. The van der Waals surface area contributed by atoms with Gasteiger partial charge in [0.1, 0.15) is 5.15 Å². The van der Waals surface area contributed by atoms with Gasteiger partial charge in [-0.3, -0.25) is 0 Å². The van der Waals surface area contributed by atoms with Crippen LogP contribution in [0.15, 0.2) is 11.4 Å². The average Bonchev–Trinajstić information content (AvgIpc) is 2.70. The summed E-state index contributed by atoms with van der Waals surface area (Å²) >= 11 is 5.97. The molecule has 102 valence electrons. The molecule has 1 aliphatic heterocycles. The first-order chi connectivity index (χ1) is 8.48. The molecule has 1 atom stereocenters. The van der Waals surface area contributed by atoms with E-state index in [1.165, 1.54) is 15.2 Å². The Kier molecular flexibility index (Phi) is 3.96. The van der Waals surface area contributed by atoms with Crippen LogP contribution in [0.1, 0.15) is 19.3 Å². The molecule has 18 heavy (non-hydrogen) atoms. The van der Waals surface area contributed by atoms with E-state index >= 15 is 0 Å². The molecular weight excluding hydrogens is 276 g/mol. The lowest BCUT2D eigenvalue weighted by atomic mass is 10.1. The molecule has 0 aliphatic carbocycles. The van der Waals surface area contributed by atoms with Crippen LogP contribution in [0, 0.1) is 0 Å². The van der Waals surface area contributed by atoms with Crippen molar-refractivity contribution >= 4 is 21.6 Å². The first kappa shape index (κ1) is 13.8. The maximum Gasteiger partial charge on any atom is 0.263 e. The van der Waals surface area contributed by atoms with E-state index in [1.807, 2.05) is 0 Å². The van der Waals surface area contributed by atoms with Crippen molar-refractivity contribution in [1.29, 1.82) is 0 Å². The standard InChI is InChI=1S/C10H17ClN4O2S/c1-14-7-13-10(9(14)11)18(16,17)15-5-3-2-4-8(15)6-12/h7-8H,2-6,12H2,1H3/t8-/m0/s1. The molecule has 0 radical (unpaired) electrons. The van der Waals surface area contributed by atoms with Crippen LogP contribution in [0.4, 0.5) is 0 Å². The van der Waals surface area contributed by atoms with Gasteiger partial charge in [-0.25, -0.2) is 13.4 Å². The van der Waals surface area contributed by atoms with Crippen molar-refractivity contribution in [3.8, 4) is 0 Å². The van der Waals surface area contributed by atoms with Gasteiger partial charge in [0.25, 0.3) is 10.0 Å². The molecule has 1 aromatic heterocycles. The molecule has 2 N–H and O–H groups in total. The zero-order chi connectivity index (χ0) is 13.3. The molecule has 0 aromatic carbocycles. The van der Waals surface area contributed by atoms with Crippen molar-refractivity contribution in [1.82, 2.24) is 13.9 Å². The van der Waals surface area contributed by atoms with Crippen LogP contribution in [0.3, 0.4) is 0 Å². The van der Waals surface area contributed by atoms with Crippen molar-refractivity contribution in [2.24, 2.45) is 12.8 Å². The summed E-state index contributed by atoms with van der Waals surface area (Å²) in [6, 6.07) is -0.151. The number of piperidine rings is 1. The van der Waals surface area contributed by atoms with Gasteiger partial charge in [0.05, 0.1) is 6.33 Å². The SMILES string of the molecule is Cn1cnc(S(=O)(=O)N2CCCC[C@H]2CN)c1Cl. The maximum absolute atomic E-state index is 12.5. The monoisotopic (exact) mass is 292 g/mol. The van der Waals surface area contributed by atoms with E-state index in [4.69, 9.17) is 17.3 Å². The van der Waals surface area contributed by atoms with Crippen LogP contribution in [-0.4, -0.2) is 41.4 Å². The molecule has 6 nitrogen and oxygen atoms in total. The van der Waals surface area contributed by atoms with Crippen molar-refractivity contribution in [2.45, 2.75) is 30.3 Å². The third-order valence-corrected chi connectivity index (χ3v) is 5.68. The predicted molar refractivity (Wildman–Crippen MR) is 68.8 cm³/mol. The molecular formula is C10H17ClN4O2S. The van der Waals surface area contributed by atoms with Gasteiger partial charge in [0, 0.05) is 26.2 Å². The summed E-state index contributed by atoms with van der Waals surface area (Å²) < 4.78 is 27.9. The molecule has 1 aliphatic rings. The summed E-state index contributed by atoms with van der Waals surface area (Å²) in [7, 11) is -1.99. The number of aromatic nitrogens is 2. The van der Waals surface area contributed by atoms with Crippen LogP contribution in [0.5, 0.6) is 0 Å². The minimum atomic E-state index is -3.64. The number of hydrogen-bond acceptors (Lipinski definition) is 4. The topological polar surface area (TPSA) is 81.2 Å². The van der Waals surface area contributed by atoms with Gasteiger partial charge >= 0.3 is 0 Å². The van der Waals surface area contributed by atoms with Gasteiger partial charge < -0.3 is 10.3 Å². The van der Waals surface area contributed by atoms with E-state index in [-0.39, 0.29) is 16.2 Å². The molecule has 2 heterocycles. The zero-order valence-corrected chi connectivity index (χ0v) is 11.8. The van der Waals surface area contributed by atoms with Gasteiger partial charge in [0.15, 0.2) is 0 Å². The number of sulfonamides is 1. The lowest BCUT2D eigenvalue weighted by Crippen LogP contribution is -2.47. The van der Waals surface area contributed by atoms with Gasteiger partial charge in [0.2, 0.25) is 5.03 Å². The maximum atomic E-state index is 12.5. The van der Waals surface area contributed by atoms with E-state index in [0.29, 0.717) is 13.1 Å². The number of imidazole rings is 1. The highest BCUT2D eigenvalue weighted by atomic mass is 35.5. The lowest BCUT2D eigenvalue weighted by Gasteiger charge is -2.33. The number of hydrogen-bond donors (Lipinski definition) is 1. The van der Waals surface area contributed by atoms with Crippen LogP contribution in [0.2, 0.25) is 5.15 Å². The van der Waals surface area contributed by atoms with Crippen molar-refractivity contribution in [2.75, 3.05) is 13.1 Å². The molecule has 0 spiro atoms. The number of aryl methyl sites for hydroxylation is 1. The van der Waals surface area contributed by atoms with Crippen LogP contribution in [0.25, 0.3) is 0 Å². The number of nitrogens with zero attached hydrogens (tertiary/aromatic N) is 3. The minimum absolute atomic E-state index is 0.0768. The molecule has 8 heteroatoms. The Hall–Kier alpha value is -0.630. The summed E-state index contributed by atoms with van der Waals surface area (Å²) in [6.45, 7) is 0.806. The van der Waals surface area contributed by atoms with Gasteiger partial charge in [-0.2, -0.15) is 4.31 Å². The van der Waals surface area contributed by atoms with E-state index < -0.39 is 10.0 Å². The summed E-state index contributed by atoms with van der Waals surface area (Å²) in [5, 5.41) is 0.0587. The number of nitrogens with two attached hydrogens (primary N) is 1. The molecule has 0 bridgehead atoms. The summed E-state index contributed by atoms with van der Waals surface area (Å²) in [4.78, 5) is 3.89. The molecule has 2 rings (SSSR count). The highest BCUT2D eigenvalue weighted by Crippen LogP contribution is 2.27. The normalized spacial score (nSPS) is 22.3. The Bertz CT molecular complexity index is 528. The van der Waals surface area contributed by atoms with Crippen molar-refractivity contribution < 1.29 is 8.42 Å². The van der Waals surface area contributed by atoms with Crippen LogP contribution in [-0.2, 0) is 17.1 Å². The van der Waals surface area contributed by atoms with E-state index in [2.05, 4.69) is 4.98 Å². The average molecular weight is 293 g/mol. The Morgan fingerprint density at radius 1 is 1.56 bits per heavy atom. The minimum Gasteiger partial charge on any atom is -0.329 e. The Morgan fingerprint density at radius 3 is 2.83 bits per heavy atom. The summed E-state index contributed by atoms with van der Waals surface area (Å²) in [5.74, 6) is 0. The highest BCUT2D eigenvalue weighted by molar-refractivity contribution is 7.89. The predicted octanol–water partition coefficient (Wildman–Crippen LogP) is 0.575. The van der Waals surface area contributed by atoms with Gasteiger partial charge in [-0.1, -0.05) is 18.0 Å². The van der Waals surface area contributed by atoms with E-state index in [0.717, 1.165) is 19.3 Å². The highest BCUT2D eigenvalue weighted by Gasteiger charge is 2.35. The third kappa shape index (κ3) is 2.27. The van der Waals surface area contributed by atoms with Crippen molar-refractivity contribution in [3.63, 3.8) is 0 Å². The fourth-order valence-corrected chi connectivity index (χ4v) is 4.30. The Morgan fingerprint density at radius 2 is 2.28 bits per heavy atom. The lowest BCUT2D eigenvalue weighted by molar-refractivity contribution is 0.257. The van der Waals surface area contributed by atoms with Gasteiger partial charge in [-0.15, -0.1) is 0 Å². The zero-order valence-electron chi connectivity index (χ0n) is 10.2. The van der Waals surface area contributed by atoms with Crippen LogP contribution >= 0.6 is 11.6 Å². The molecule has 1 fully saturated rings.